The molecule has 124 valence electrons. The Morgan fingerprint density at radius 3 is 2.75 bits per heavy atom. The van der Waals surface area contributed by atoms with E-state index in [9.17, 15) is 4.79 Å². The van der Waals surface area contributed by atoms with Crippen molar-refractivity contribution in [1.29, 1.82) is 0 Å². The van der Waals surface area contributed by atoms with E-state index in [-0.39, 0.29) is 0 Å². The van der Waals surface area contributed by atoms with Gasteiger partial charge in [-0.2, -0.15) is 0 Å². The van der Waals surface area contributed by atoms with Crippen molar-refractivity contribution < 1.29 is 9.53 Å². The molecule has 3 aromatic rings. The predicted octanol–water partition coefficient (Wildman–Crippen LogP) is 4.99. The zero-order chi connectivity index (χ0) is 17.2. The number of benzene rings is 1. The van der Waals surface area contributed by atoms with E-state index in [0.29, 0.717) is 6.54 Å². The number of alkyl carbamates (subject to hydrolysis) is 1. The summed E-state index contributed by atoms with van der Waals surface area (Å²) in [6.45, 7) is 6.03. The quantitative estimate of drug-likeness (QED) is 0.731. The maximum atomic E-state index is 11.8. The Kier molecular flexibility index (Phi) is 4.53. The minimum Gasteiger partial charge on any atom is -0.444 e. The van der Waals surface area contributed by atoms with Gasteiger partial charge < -0.3 is 10.1 Å². The lowest BCUT2D eigenvalue weighted by atomic mass is 10.1. The molecule has 0 aliphatic heterocycles. The molecule has 0 spiro atoms. The van der Waals surface area contributed by atoms with Crippen LogP contribution in [0, 0.1) is 0 Å². The number of nitrogens with one attached hydrogen (secondary N) is 1. The molecular weight excluding hydrogens is 320 g/mol. The van der Waals surface area contributed by atoms with Gasteiger partial charge in [-0.3, -0.25) is 4.98 Å². The average molecular weight is 340 g/mol. The monoisotopic (exact) mass is 340 g/mol. The van der Waals surface area contributed by atoms with Crippen LogP contribution in [0.4, 0.5) is 4.79 Å². The summed E-state index contributed by atoms with van der Waals surface area (Å²) in [5.74, 6) is 0. The highest BCUT2D eigenvalue weighted by atomic mass is 32.1. The third-order valence-electron chi connectivity index (χ3n) is 3.37. The summed E-state index contributed by atoms with van der Waals surface area (Å²) < 4.78 is 6.45. The Balaban J connectivity index is 1.73. The molecule has 1 amide bonds. The van der Waals surface area contributed by atoms with Crippen LogP contribution in [0.3, 0.4) is 0 Å². The molecule has 0 atom stereocenters. The third kappa shape index (κ3) is 4.11. The van der Waals surface area contributed by atoms with Crippen molar-refractivity contribution in [2.75, 3.05) is 0 Å². The standard InChI is InChI=1S/C19H20N2O2S/c1-19(2,3)23-18(22)21-12-16-9-14-7-6-13(10-17(14)24-16)15-5-4-8-20-11-15/h4-11H,12H2,1-3H3,(H,21,22). The van der Waals surface area contributed by atoms with Gasteiger partial charge in [-0.25, -0.2) is 4.79 Å². The number of fused-ring (bicyclic) bond motifs is 1. The highest BCUT2D eigenvalue weighted by molar-refractivity contribution is 7.19. The Bertz CT molecular complexity index is 851. The lowest BCUT2D eigenvalue weighted by molar-refractivity contribution is 0.0524. The molecule has 0 saturated heterocycles. The van der Waals surface area contributed by atoms with Crippen molar-refractivity contribution >= 4 is 27.5 Å². The molecule has 0 radical (unpaired) electrons. The van der Waals surface area contributed by atoms with Crippen molar-refractivity contribution in [3.63, 3.8) is 0 Å². The van der Waals surface area contributed by atoms with Crippen molar-refractivity contribution in [2.24, 2.45) is 0 Å². The summed E-state index contributed by atoms with van der Waals surface area (Å²) in [5.41, 5.74) is 1.76. The Hall–Kier alpha value is -2.40. The van der Waals surface area contributed by atoms with E-state index >= 15 is 0 Å². The number of hydrogen-bond acceptors (Lipinski definition) is 4. The highest BCUT2D eigenvalue weighted by Crippen LogP contribution is 2.30. The molecular formula is C19H20N2O2S. The van der Waals surface area contributed by atoms with Crippen LogP contribution in [-0.4, -0.2) is 16.7 Å². The zero-order valence-corrected chi connectivity index (χ0v) is 14.8. The average Bonchev–Trinajstić information content (AvgIpc) is 2.94. The number of pyridine rings is 1. The topological polar surface area (TPSA) is 51.2 Å². The van der Waals surface area contributed by atoms with Crippen molar-refractivity contribution in [3.05, 3.63) is 53.7 Å². The van der Waals surface area contributed by atoms with Gasteiger partial charge in [-0.05, 0) is 49.9 Å². The Morgan fingerprint density at radius 2 is 2.04 bits per heavy atom. The van der Waals surface area contributed by atoms with Gasteiger partial charge in [0.1, 0.15) is 5.60 Å². The molecule has 5 heteroatoms. The number of carbonyl (C=O) groups excluding carboxylic acids is 1. The summed E-state index contributed by atoms with van der Waals surface area (Å²) in [6.07, 6.45) is 3.24. The first kappa shape index (κ1) is 16.5. The summed E-state index contributed by atoms with van der Waals surface area (Å²) in [7, 11) is 0. The minimum absolute atomic E-state index is 0.393. The number of rotatable bonds is 3. The normalized spacial score (nSPS) is 11.5. The van der Waals surface area contributed by atoms with Crippen LogP contribution in [0.5, 0.6) is 0 Å². The fraction of sp³-hybridized carbons (Fsp3) is 0.263. The molecule has 1 aromatic carbocycles. The maximum absolute atomic E-state index is 11.8. The molecule has 0 aliphatic rings. The lowest BCUT2D eigenvalue weighted by Gasteiger charge is -2.19. The fourth-order valence-electron chi connectivity index (χ4n) is 2.36. The molecule has 0 fully saturated rings. The van der Waals surface area contributed by atoms with Gasteiger partial charge in [0.25, 0.3) is 0 Å². The van der Waals surface area contributed by atoms with Crippen LogP contribution in [0.2, 0.25) is 0 Å². The number of ether oxygens (including phenoxy) is 1. The summed E-state index contributed by atoms with van der Waals surface area (Å²) in [6, 6.07) is 12.4. The second-order valence-corrected chi connectivity index (χ2v) is 7.73. The first-order valence-corrected chi connectivity index (χ1v) is 8.62. The van der Waals surface area contributed by atoms with Crippen molar-refractivity contribution in [3.8, 4) is 11.1 Å². The van der Waals surface area contributed by atoms with E-state index in [1.54, 1.807) is 17.5 Å². The highest BCUT2D eigenvalue weighted by Gasteiger charge is 2.16. The third-order valence-corrected chi connectivity index (χ3v) is 4.47. The molecule has 0 saturated carbocycles. The molecule has 0 aliphatic carbocycles. The van der Waals surface area contributed by atoms with Crippen LogP contribution in [0.15, 0.2) is 48.8 Å². The second kappa shape index (κ2) is 6.61. The lowest BCUT2D eigenvalue weighted by Crippen LogP contribution is -2.31. The van der Waals surface area contributed by atoms with Gasteiger partial charge in [0, 0.05) is 27.5 Å². The number of carbonyl (C=O) groups is 1. The van der Waals surface area contributed by atoms with Crippen LogP contribution in [-0.2, 0) is 11.3 Å². The molecule has 0 bridgehead atoms. The van der Waals surface area contributed by atoms with Gasteiger partial charge in [-0.1, -0.05) is 18.2 Å². The van der Waals surface area contributed by atoms with Crippen molar-refractivity contribution in [2.45, 2.75) is 32.9 Å². The van der Waals surface area contributed by atoms with Crippen LogP contribution >= 0.6 is 11.3 Å². The van der Waals surface area contributed by atoms with Gasteiger partial charge in [0.15, 0.2) is 0 Å². The number of nitrogens with zero attached hydrogens (tertiary/aromatic N) is 1. The number of amides is 1. The molecule has 4 nitrogen and oxygen atoms in total. The SMILES string of the molecule is CC(C)(C)OC(=O)NCc1cc2ccc(-c3cccnc3)cc2s1. The molecule has 2 heterocycles. The fourth-order valence-corrected chi connectivity index (χ4v) is 3.40. The first-order chi connectivity index (χ1) is 11.4. The molecule has 1 N–H and O–H groups in total. The molecule has 3 rings (SSSR count). The molecule has 2 aromatic heterocycles. The molecule has 24 heavy (non-hydrogen) atoms. The van der Waals surface area contributed by atoms with Crippen molar-refractivity contribution in [1.82, 2.24) is 10.3 Å². The number of hydrogen-bond donors (Lipinski definition) is 1. The van der Waals surface area contributed by atoms with E-state index in [4.69, 9.17) is 4.74 Å². The maximum Gasteiger partial charge on any atom is 0.407 e. The Labute approximate surface area is 145 Å². The van der Waals surface area contributed by atoms with Gasteiger partial charge in [0.05, 0.1) is 6.54 Å². The van der Waals surface area contributed by atoms with Crippen LogP contribution in [0.1, 0.15) is 25.6 Å². The summed E-state index contributed by atoms with van der Waals surface area (Å²) >= 11 is 1.68. The number of thiophene rings is 1. The van der Waals surface area contributed by atoms with Crippen LogP contribution < -0.4 is 5.32 Å². The smallest absolute Gasteiger partial charge is 0.407 e. The summed E-state index contributed by atoms with van der Waals surface area (Å²) in [5, 5.41) is 3.98. The van der Waals surface area contributed by atoms with E-state index in [0.717, 1.165) is 16.0 Å². The van der Waals surface area contributed by atoms with Gasteiger partial charge >= 0.3 is 6.09 Å². The number of aromatic nitrogens is 1. The first-order valence-electron chi connectivity index (χ1n) is 7.80. The van der Waals surface area contributed by atoms with E-state index in [2.05, 4.69) is 34.6 Å². The van der Waals surface area contributed by atoms with Gasteiger partial charge in [0.2, 0.25) is 0 Å². The molecule has 0 unspecified atom stereocenters. The van der Waals surface area contributed by atoms with Gasteiger partial charge in [-0.15, -0.1) is 11.3 Å². The van der Waals surface area contributed by atoms with E-state index in [1.165, 1.54) is 10.1 Å². The summed E-state index contributed by atoms with van der Waals surface area (Å²) in [4.78, 5) is 17.0. The Morgan fingerprint density at radius 1 is 1.21 bits per heavy atom. The second-order valence-electron chi connectivity index (χ2n) is 6.56. The van der Waals surface area contributed by atoms with Crippen LogP contribution in [0.25, 0.3) is 21.2 Å². The minimum atomic E-state index is -0.483. The zero-order valence-electron chi connectivity index (χ0n) is 14.0. The van der Waals surface area contributed by atoms with E-state index < -0.39 is 11.7 Å². The largest absolute Gasteiger partial charge is 0.444 e. The predicted molar refractivity (Wildman–Crippen MR) is 98.1 cm³/mol. The van der Waals surface area contributed by atoms with E-state index in [1.807, 2.05) is 39.1 Å².